The molecule has 0 spiro atoms. The maximum Gasteiger partial charge on any atom is 0.407 e. The quantitative estimate of drug-likeness (QED) is 0.784. The van der Waals surface area contributed by atoms with E-state index in [-0.39, 0.29) is 30.2 Å². The van der Waals surface area contributed by atoms with Gasteiger partial charge in [0.15, 0.2) is 0 Å². The summed E-state index contributed by atoms with van der Waals surface area (Å²) in [5.74, 6) is -1.52. The second-order valence-electron chi connectivity index (χ2n) is 7.31. The lowest BCUT2D eigenvalue weighted by Crippen LogP contribution is -2.34. The molecule has 0 aromatic heterocycles. The van der Waals surface area contributed by atoms with Crippen LogP contribution in [0.4, 0.5) is 13.6 Å². The summed E-state index contributed by atoms with van der Waals surface area (Å²) in [6, 6.07) is 2.97. The molecule has 1 aromatic carbocycles. The first-order chi connectivity index (χ1) is 13.8. The highest BCUT2D eigenvalue weighted by molar-refractivity contribution is 6.06. The number of ether oxygens (including phenoxy) is 2. The number of aliphatic imine (C=N–C) groups is 1. The van der Waals surface area contributed by atoms with Gasteiger partial charge in [0.2, 0.25) is 5.91 Å². The van der Waals surface area contributed by atoms with Crippen molar-refractivity contribution in [2.24, 2.45) is 4.99 Å². The summed E-state index contributed by atoms with van der Waals surface area (Å²) in [5.41, 5.74) is 1.11. The van der Waals surface area contributed by atoms with Gasteiger partial charge in [-0.15, -0.1) is 0 Å². The van der Waals surface area contributed by atoms with Crippen LogP contribution in [0, 0.1) is 11.6 Å². The fraction of sp³-hybridized carbons (Fsp3) is 0.450. The number of alkyl carbamates (subject to hydrolysis) is 1. The summed E-state index contributed by atoms with van der Waals surface area (Å²) >= 11 is 0. The topological polar surface area (TPSA) is 89.0 Å². The van der Waals surface area contributed by atoms with E-state index in [0.29, 0.717) is 25.4 Å². The van der Waals surface area contributed by atoms with E-state index in [1.165, 1.54) is 0 Å². The number of amides is 2. The Balaban J connectivity index is 1.48. The summed E-state index contributed by atoms with van der Waals surface area (Å²) in [6.07, 6.45) is 0.982. The zero-order chi connectivity index (χ0) is 21.0. The van der Waals surface area contributed by atoms with E-state index in [0.717, 1.165) is 23.8 Å². The van der Waals surface area contributed by atoms with Crippen LogP contribution in [0.15, 0.2) is 34.8 Å². The van der Waals surface area contributed by atoms with Gasteiger partial charge in [0.25, 0.3) is 0 Å². The van der Waals surface area contributed by atoms with Crippen LogP contribution >= 0.6 is 0 Å². The molecule has 2 N–H and O–H groups in total. The number of rotatable bonds is 5. The van der Waals surface area contributed by atoms with Crippen LogP contribution in [0.3, 0.4) is 0 Å². The smallest absolute Gasteiger partial charge is 0.407 e. The average molecular weight is 407 g/mol. The molecule has 1 fully saturated rings. The number of carbonyl (C=O) groups is 2. The monoisotopic (exact) mass is 407 g/mol. The third-order valence-electron chi connectivity index (χ3n) is 4.36. The minimum absolute atomic E-state index is 0.0124. The number of nitrogens with one attached hydrogen (secondary N) is 2. The summed E-state index contributed by atoms with van der Waals surface area (Å²) < 4.78 is 37.5. The Bertz CT molecular complexity index is 834. The molecule has 2 aliphatic rings. The van der Waals surface area contributed by atoms with Crippen LogP contribution in [0.25, 0.3) is 0 Å². The van der Waals surface area contributed by atoms with Gasteiger partial charge in [-0.25, -0.2) is 13.6 Å². The molecule has 0 saturated carbocycles. The van der Waals surface area contributed by atoms with Crippen LogP contribution in [-0.2, 0) is 20.7 Å². The molecular formula is C20H23F2N3O4. The molecule has 2 heterocycles. The Hall–Kier alpha value is -2.81. The summed E-state index contributed by atoms with van der Waals surface area (Å²) in [4.78, 5) is 28.0. The van der Waals surface area contributed by atoms with Crippen molar-refractivity contribution in [3.8, 4) is 0 Å². The number of hydrogen-bond donors (Lipinski definition) is 2. The molecule has 2 atom stereocenters. The van der Waals surface area contributed by atoms with Gasteiger partial charge in [-0.1, -0.05) is 0 Å². The highest BCUT2D eigenvalue weighted by Gasteiger charge is 2.32. The molecule has 156 valence electrons. The normalized spacial score (nSPS) is 21.0. The van der Waals surface area contributed by atoms with Crippen molar-refractivity contribution in [2.75, 3.05) is 13.2 Å². The number of benzene rings is 1. The molecule has 0 bridgehead atoms. The minimum atomic E-state index is -0.731. The number of carbonyl (C=O) groups excluding carboxylic acids is 2. The Morgan fingerprint density at radius 2 is 2.00 bits per heavy atom. The predicted molar refractivity (Wildman–Crippen MR) is 101 cm³/mol. The number of halogens is 2. The maximum absolute atomic E-state index is 13.2. The maximum atomic E-state index is 13.2. The highest BCUT2D eigenvalue weighted by Crippen LogP contribution is 2.25. The van der Waals surface area contributed by atoms with Crippen molar-refractivity contribution in [3.05, 3.63) is 47.0 Å². The van der Waals surface area contributed by atoms with Gasteiger partial charge in [-0.05, 0) is 43.2 Å². The first kappa shape index (κ1) is 20.9. The van der Waals surface area contributed by atoms with E-state index < -0.39 is 23.6 Å². The minimum Gasteiger partial charge on any atom is -0.444 e. The van der Waals surface area contributed by atoms with Crippen LogP contribution < -0.4 is 10.6 Å². The second kappa shape index (κ2) is 9.13. The molecule has 0 radical (unpaired) electrons. The lowest BCUT2D eigenvalue weighted by molar-refractivity contribution is -0.119. The van der Waals surface area contributed by atoms with E-state index in [1.54, 1.807) is 6.08 Å². The zero-order valence-electron chi connectivity index (χ0n) is 16.2. The van der Waals surface area contributed by atoms with E-state index in [4.69, 9.17) is 9.47 Å². The van der Waals surface area contributed by atoms with Crippen molar-refractivity contribution in [3.63, 3.8) is 0 Å². The van der Waals surface area contributed by atoms with Crippen LogP contribution in [0.1, 0.15) is 25.8 Å². The highest BCUT2D eigenvalue weighted by atomic mass is 19.1. The third kappa shape index (κ3) is 6.08. The molecule has 29 heavy (non-hydrogen) atoms. The van der Waals surface area contributed by atoms with Crippen LogP contribution in [-0.4, -0.2) is 49.2 Å². The van der Waals surface area contributed by atoms with Crippen molar-refractivity contribution in [1.82, 2.24) is 10.6 Å². The van der Waals surface area contributed by atoms with Crippen molar-refractivity contribution in [2.45, 2.75) is 44.9 Å². The molecule has 7 nitrogen and oxygen atoms in total. The second-order valence-corrected chi connectivity index (χ2v) is 7.31. The molecule has 3 rings (SSSR count). The molecule has 9 heteroatoms. The Morgan fingerprint density at radius 1 is 1.28 bits per heavy atom. The van der Waals surface area contributed by atoms with E-state index in [2.05, 4.69) is 15.6 Å². The van der Waals surface area contributed by atoms with Gasteiger partial charge in [-0.3, -0.25) is 9.79 Å². The van der Waals surface area contributed by atoms with Gasteiger partial charge >= 0.3 is 6.09 Å². The van der Waals surface area contributed by atoms with E-state index in [9.17, 15) is 18.4 Å². The first-order valence-corrected chi connectivity index (χ1v) is 9.37. The van der Waals surface area contributed by atoms with Gasteiger partial charge in [0.1, 0.15) is 23.6 Å². The average Bonchev–Trinajstić information content (AvgIpc) is 3.22. The molecule has 1 aromatic rings. The third-order valence-corrected chi connectivity index (χ3v) is 4.36. The Kier molecular flexibility index (Phi) is 6.58. The number of amidine groups is 1. The molecule has 0 aliphatic carbocycles. The largest absolute Gasteiger partial charge is 0.444 e. The molecule has 2 aliphatic heterocycles. The summed E-state index contributed by atoms with van der Waals surface area (Å²) in [5, 5.41) is 5.28. The van der Waals surface area contributed by atoms with E-state index >= 15 is 0 Å². The molecule has 1 saturated heterocycles. The first-order valence-electron chi connectivity index (χ1n) is 9.37. The lowest BCUT2D eigenvalue weighted by atomic mass is 10.1. The SMILES string of the molecule is CC(C)NC(=O)O[C@@H]1CO[C@H](C2=CC(NC(=O)Cc3cc(F)cc(F)c3)=NC2)C1. The van der Waals surface area contributed by atoms with Gasteiger partial charge in [0.05, 0.1) is 25.7 Å². The van der Waals surface area contributed by atoms with Gasteiger partial charge < -0.3 is 20.1 Å². The lowest BCUT2D eigenvalue weighted by Gasteiger charge is -2.13. The number of nitrogens with zero attached hydrogens (tertiary/aromatic N) is 1. The van der Waals surface area contributed by atoms with Crippen molar-refractivity contribution >= 4 is 17.8 Å². The number of hydrogen-bond acceptors (Lipinski definition) is 5. The van der Waals surface area contributed by atoms with E-state index in [1.807, 2.05) is 13.8 Å². The van der Waals surface area contributed by atoms with Gasteiger partial charge in [0, 0.05) is 18.5 Å². The van der Waals surface area contributed by atoms with Crippen LogP contribution in [0.5, 0.6) is 0 Å². The fourth-order valence-electron chi connectivity index (χ4n) is 3.16. The van der Waals surface area contributed by atoms with Crippen molar-refractivity contribution < 1.29 is 27.8 Å². The zero-order valence-corrected chi connectivity index (χ0v) is 16.2. The fourth-order valence-corrected chi connectivity index (χ4v) is 3.16. The Morgan fingerprint density at radius 3 is 2.69 bits per heavy atom. The summed E-state index contributed by atoms with van der Waals surface area (Å²) in [6.45, 7) is 4.34. The van der Waals surface area contributed by atoms with Gasteiger partial charge in [-0.2, -0.15) is 0 Å². The molecular weight excluding hydrogens is 384 g/mol. The van der Waals surface area contributed by atoms with Crippen LogP contribution in [0.2, 0.25) is 0 Å². The predicted octanol–water partition coefficient (Wildman–Crippen LogP) is 2.25. The Labute approximate surface area is 167 Å². The molecule has 2 amide bonds. The molecule has 0 unspecified atom stereocenters. The standard InChI is InChI=1S/C20H23F2N3O4/c1-11(2)24-20(27)29-16-8-17(28-10-16)13-6-18(23-9-13)25-19(26)5-12-3-14(21)7-15(22)4-12/h3-4,6-7,11,16-17H,5,8-10H2,1-2H3,(H,24,27)(H,23,25,26)/t16-,17-/m0/s1. The summed E-state index contributed by atoms with van der Waals surface area (Å²) in [7, 11) is 0. The van der Waals surface area contributed by atoms with Crippen molar-refractivity contribution in [1.29, 1.82) is 0 Å².